The summed E-state index contributed by atoms with van der Waals surface area (Å²) in [5, 5.41) is 6.33. The number of hydrogen-bond donors (Lipinski definition) is 2. The van der Waals surface area contributed by atoms with Crippen molar-refractivity contribution in [3.05, 3.63) is 71.0 Å². The Labute approximate surface area is 151 Å². The van der Waals surface area contributed by atoms with Gasteiger partial charge in [0.2, 0.25) is 0 Å². The summed E-state index contributed by atoms with van der Waals surface area (Å²) < 4.78 is 25.4. The smallest absolute Gasteiger partial charge is 0.191 e. The molecule has 1 unspecified atom stereocenters. The summed E-state index contributed by atoms with van der Waals surface area (Å²) in [5.74, 6) is 1.54. The summed E-state index contributed by atoms with van der Waals surface area (Å²) in [6.07, 6.45) is 0. The van der Waals surface area contributed by atoms with Gasteiger partial charge in [-0.25, -0.2) is 4.39 Å². The molecule has 1 atom stereocenters. The maximum absolute atomic E-state index is 13.3. The molecule has 0 saturated carbocycles. The molecule has 0 amide bonds. The Bertz CT molecular complexity index is 735. The third kappa shape index (κ3) is 6.66. The van der Waals surface area contributed by atoms with Gasteiger partial charge in [0.25, 0.3) is 0 Å². The SMILES string of the molecule is CN=C(NCCS(=O)Cc1ccccc1)NCc1ccc(F)c(C)c1. The van der Waals surface area contributed by atoms with Gasteiger partial charge in [-0.3, -0.25) is 9.20 Å². The van der Waals surface area contributed by atoms with Crippen molar-refractivity contribution in [1.82, 2.24) is 10.6 Å². The Balaban J connectivity index is 1.73. The van der Waals surface area contributed by atoms with Crippen molar-refractivity contribution < 1.29 is 8.60 Å². The van der Waals surface area contributed by atoms with Crippen LogP contribution in [0.3, 0.4) is 0 Å². The summed E-state index contributed by atoms with van der Waals surface area (Å²) in [4.78, 5) is 4.15. The summed E-state index contributed by atoms with van der Waals surface area (Å²) >= 11 is 0. The molecular formula is C19H24FN3OS. The van der Waals surface area contributed by atoms with Crippen LogP contribution >= 0.6 is 0 Å². The lowest BCUT2D eigenvalue weighted by molar-refractivity contribution is 0.617. The third-order valence-corrected chi connectivity index (χ3v) is 5.01. The summed E-state index contributed by atoms with van der Waals surface area (Å²) in [6.45, 7) is 2.86. The van der Waals surface area contributed by atoms with E-state index in [0.717, 1.165) is 11.1 Å². The van der Waals surface area contributed by atoms with E-state index in [1.807, 2.05) is 36.4 Å². The van der Waals surface area contributed by atoms with Crippen molar-refractivity contribution >= 4 is 16.8 Å². The van der Waals surface area contributed by atoms with Gasteiger partial charge in [0.15, 0.2) is 5.96 Å². The van der Waals surface area contributed by atoms with Crippen molar-refractivity contribution in [2.45, 2.75) is 19.2 Å². The molecule has 6 heteroatoms. The first kappa shape index (κ1) is 19.1. The van der Waals surface area contributed by atoms with Gasteiger partial charge in [-0.05, 0) is 29.7 Å². The highest BCUT2D eigenvalue weighted by molar-refractivity contribution is 7.84. The average Bonchev–Trinajstić information content (AvgIpc) is 2.61. The lowest BCUT2D eigenvalue weighted by atomic mass is 10.1. The first-order valence-electron chi connectivity index (χ1n) is 8.17. The number of aliphatic imine (C=N–C) groups is 1. The van der Waals surface area contributed by atoms with Crippen LogP contribution in [-0.2, 0) is 23.1 Å². The normalized spacial score (nSPS) is 12.7. The Morgan fingerprint density at radius 2 is 1.88 bits per heavy atom. The topological polar surface area (TPSA) is 53.5 Å². The second-order valence-corrected chi connectivity index (χ2v) is 7.29. The number of halogens is 1. The molecule has 0 aromatic heterocycles. The van der Waals surface area contributed by atoms with Crippen LogP contribution in [0.25, 0.3) is 0 Å². The van der Waals surface area contributed by atoms with Crippen LogP contribution in [0, 0.1) is 12.7 Å². The molecule has 25 heavy (non-hydrogen) atoms. The molecule has 4 nitrogen and oxygen atoms in total. The Hall–Kier alpha value is -2.21. The van der Waals surface area contributed by atoms with E-state index in [4.69, 9.17) is 0 Å². The number of hydrogen-bond acceptors (Lipinski definition) is 2. The molecule has 0 heterocycles. The molecule has 0 aliphatic heterocycles. The second-order valence-electron chi connectivity index (χ2n) is 5.71. The van der Waals surface area contributed by atoms with Crippen LogP contribution in [0.15, 0.2) is 53.5 Å². The van der Waals surface area contributed by atoms with Crippen LogP contribution < -0.4 is 10.6 Å². The first-order chi connectivity index (χ1) is 12.1. The zero-order valence-electron chi connectivity index (χ0n) is 14.6. The molecule has 2 aromatic rings. The molecule has 2 N–H and O–H groups in total. The van der Waals surface area contributed by atoms with Gasteiger partial charge in [-0.1, -0.05) is 42.5 Å². The van der Waals surface area contributed by atoms with E-state index in [2.05, 4.69) is 15.6 Å². The number of aryl methyl sites for hydroxylation is 1. The van der Waals surface area contributed by atoms with Crippen molar-refractivity contribution in [3.8, 4) is 0 Å². The van der Waals surface area contributed by atoms with E-state index in [1.165, 1.54) is 6.07 Å². The van der Waals surface area contributed by atoms with Crippen LogP contribution in [0.2, 0.25) is 0 Å². The average molecular weight is 361 g/mol. The molecule has 0 saturated heterocycles. The monoisotopic (exact) mass is 361 g/mol. The molecular weight excluding hydrogens is 337 g/mol. The molecule has 0 fully saturated rings. The molecule has 0 aliphatic rings. The van der Waals surface area contributed by atoms with E-state index in [1.54, 1.807) is 20.0 Å². The maximum atomic E-state index is 13.3. The predicted molar refractivity (Wildman–Crippen MR) is 102 cm³/mol. The maximum Gasteiger partial charge on any atom is 0.191 e. The third-order valence-electron chi connectivity index (χ3n) is 3.70. The summed E-state index contributed by atoms with van der Waals surface area (Å²) in [7, 11) is 0.765. The molecule has 134 valence electrons. The summed E-state index contributed by atoms with van der Waals surface area (Å²) in [5.41, 5.74) is 2.68. The van der Waals surface area contributed by atoms with E-state index in [-0.39, 0.29) is 5.82 Å². The minimum atomic E-state index is -0.922. The quantitative estimate of drug-likeness (QED) is 0.589. The Morgan fingerprint density at radius 3 is 2.56 bits per heavy atom. The number of nitrogens with zero attached hydrogens (tertiary/aromatic N) is 1. The van der Waals surface area contributed by atoms with Gasteiger partial charge < -0.3 is 10.6 Å². The molecule has 0 radical (unpaired) electrons. The number of rotatable bonds is 7. The van der Waals surface area contributed by atoms with Crippen molar-refractivity contribution in [2.24, 2.45) is 4.99 Å². The minimum absolute atomic E-state index is 0.202. The van der Waals surface area contributed by atoms with Gasteiger partial charge in [-0.15, -0.1) is 0 Å². The van der Waals surface area contributed by atoms with Crippen molar-refractivity contribution in [1.29, 1.82) is 0 Å². The highest BCUT2D eigenvalue weighted by Crippen LogP contribution is 2.08. The molecule has 2 aromatic carbocycles. The van der Waals surface area contributed by atoms with Crippen LogP contribution in [-0.4, -0.2) is 29.5 Å². The van der Waals surface area contributed by atoms with Gasteiger partial charge >= 0.3 is 0 Å². The number of guanidine groups is 1. The number of nitrogens with one attached hydrogen (secondary N) is 2. The van der Waals surface area contributed by atoms with Crippen molar-refractivity contribution in [2.75, 3.05) is 19.3 Å². The molecule has 0 spiro atoms. The van der Waals surface area contributed by atoms with Gasteiger partial charge in [-0.2, -0.15) is 0 Å². The standard InChI is InChI=1S/C19H24FN3OS/c1-15-12-17(8-9-18(15)20)13-23-19(21-2)22-10-11-25(24)14-16-6-4-3-5-7-16/h3-9,12H,10-11,13-14H2,1-2H3,(H2,21,22,23). The fourth-order valence-corrected chi connectivity index (χ4v) is 3.38. The second kappa shape index (κ2) is 9.93. The lowest BCUT2D eigenvalue weighted by Crippen LogP contribution is -2.38. The first-order valence-corrected chi connectivity index (χ1v) is 9.65. The van der Waals surface area contributed by atoms with Crippen LogP contribution in [0.1, 0.15) is 16.7 Å². The molecule has 2 rings (SSSR count). The highest BCUT2D eigenvalue weighted by Gasteiger charge is 2.04. The Kier molecular flexibility index (Phi) is 7.60. The number of benzene rings is 2. The van der Waals surface area contributed by atoms with E-state index >= 15 is 0 Å². The zero-order chi connectivity index (χ0) is 18.1. The summed E-state index contributed by atoms with van der Waals surface area (Å²) in [6, 6.07) is 14.8. The van der Waals surface area contributed by atoms with E-state index in [0.29, 0.717) is 36.1 Å². The largest absolute Gasteiger partial charge is 0.355 e. The molecule has 0 aliphatic carbocycles. The Morgan fingerprint density at radius 1 is 1.12 bits per heavy atom. The van der Waals surface area contributed by atoms with E-state index in [9.17, 15) is 8.60 Å². The van der Waals surface area contributed by atoms with Crippen molar-refractivity contribution in [3.63, 3.8) is 0 Å². The van der Waals surface area contributed by atoms with Crippen LogP contribution in [0.5, 0.6) is 0 Å². The van der Waals surface area contributed by atoms with Crippen LogP contribution in [0.4, 0.5) is 4.39 Å². The minimum Gasteiger partial charge on any atom is -0.355 e. The van der Waals surface area contributed by atoms with Gasteiger partial charge in [0.1, 0.15) is 5.82 Å². The zero-order valence-corrected chi connectivity index (χ0v) is 15.4. The fourth-order valence-electron chi connectivity index (χ4n) is 2.34. The van der Waals surface area contributed by atoms with E-state index < -0.39 is 10.8 Å². The highest BCUT2D eigenvalue weighted by atomic mass is 32.2. The fraction of sp³-hybridized carbons (Fsp3) is 0.316. The predicted octanol–water partition coefficient (Wildman–Crippen LogP) is 2.75. The van der Waals surface area contributed by atoms with Gasteiger partial charge in [0.05, 0.1) is 0 Å². The lowest BCUT2D eigenvalue weighted by Gasteiger charge is -2.12. The van der Waals surface area contributed by atoms with Gasteiger partial charge in [0, 0.05) is 42.4 Å². The molecule has 0 bridgehead atoms.